The molecular weight excluding hydrogens is 205 g/mol. The van der Waals surface area contributed by atoms with Gasteiger partial charge in [0.05, 0.1) is 6.10 Å². The molecule has 1 aromatic rings. The van der Waals surface area contributed by atoms with Crippen LogP contribution in [0.2, 0.25) is 0 Å². The highest BCUT2D eigenvalue weighted by Gasteiger charge is 2.20. The minimum Gasteiger partial charge on any atom is -0.378 e. The molecule has 2 atom stereocenters. The SMILES string of the molecule is Cc1cc(F)ccc1C(N)CC1CCCO1. The average molecular weight is 223 g/mol. The summed E-state index contributed by atoms with van der Waals surface area (Å²) in [5.41, 5.74) is 8.07. The van der Waals surface area contributed by atoms with Crippen LogP contribution >= 0.6 is 0 Å². The molecule has 3 heteroatoms. The van der Waals surface area contributed by atoms with Crippen molar-refractivity contribution in [3.05, 3.63) is 35.1 Å². The van der Waals surface area contributed by atoms with E-state index in [0.717, 1.165) is 37.0 Å². The number of hydrogen-bond acceptors (Lipinski definition) is 2. The summed E-state index contributed by atoms with van der Waals surface area (Å²) in [6, 6.07) is 4.73. The Balaban J connectivity index is 2.04. The fraction of sp³-hybridized carbons (Fsp3) is 0.538. The number of benzene rings is 1. The molecule has 88 valence electrons. The third-order valence-corrected chi connectivity index (χ3v) is 3.17. The van der Waals surface area contributed by atoms with Crippen molar-refractivity contribution in [2.24, 2.45) is 5.73 Å². The summed E-state index contributed by atoms with van der Waals surface area (Å²) < 4.78 is 18.5. The number of ether oxygens (including phenoxy) is 1. The number of halogens is 1. The smallest absolute Gasteiger partial charge is 0.123 e. The molecule has 2 nitrogen and oxygen atoms in total. The van der Waals surface area contributed by atoms with Crippen LogP contribution in [0.1, 0.15) is 36.4 Å². The van der Waals surface area contributed by atoms with Crippen LogP contribution in [0.25, 0.3) is 0 Å². The lowest BCUT2D eigenvalue weighted by atomic mass is 9.96. The number of hydrogen-bond donors (Lipinski definition) is 1. The van der Waals surface area contributed by atoms with E-state index in [0.29, 0.717) is 0 Å². The van der Waals surface area contributed by atoms with Crippen LogP contribution < -0.4 is 5.73 Å². The first-order chi connectivity index (χ1) is 7.66. The average Bonchev–Trinajstić information content (AvgIpc) is 2.70. The van der Waals surface area contributed by atoms with Gasteiger partial charge >= 0.3 is 0 Å². The predicted molar refractivity (Wildman–Crippen MR) is 61.7 cm³/mol. The molecule has 0 bridgehead atoms. The van der Waals surface area contributed by atoms with Crippen LogP contribution in [-0.4, -0.2) is 12.7 Å². The van der Waals surface area contributed by atoms with Crippen molar-refractivity contribution in [2.45, 2.75) is 38.3 Å². The van der Waals surface area contributed by atoms with Gasteiger partial charge in [-0.15, -0.1) is 0 Å². The monoisotopic (exact) mass is 223 g/mol. The molecule has 2 unspecified atom stereocenters. The molecular formula is C13H18FNO. The van der Waals surface area contributed by atoms with Gasteiger partial charge in [0, 0.05) is 12.6 Å². The topological polar surface area (TPSA) is 35.2 Å². The van der Waals surface area contributed by atoms with Gasteiger partial charge in [0.25, 0.3) is 0 Å². The lowest BCUT2D eigenvalue weighted by Gasteiger charge is -2.18. The molecule has 16 heavy (non-hydrogen) atoms. The predicted octanol–water partition coefficient (Wildman–Crippen LogP) is 2.70. The molecule has 2 rings (SSSR count). The standard InChI is InChI=1S/C13H18FNO/c1-9-7-10(14)4-5-12(9)13(15)8-11-3-2-6-16-11/h4-5,7,11,13H,2-3,6,8,15H2,1H3. The van der Waals surface area contributed by atoms with Crippen molar-refractivity contribution in [3.63, 3.8) is 0 Å². The maximum absolute atomic E-state index is 13.0. The van der Waals surface area contributed by atoms with Crippen molar-refractivity contribution in [1.82, 2.24) is 0 Å². The molecule has 0 amide bonds. The van der Waals surface area contributed by atoms with Crippen molar-refractivity contribution < 1.29 is 9.13 Å². The molecule has 0 aromatic heterocycles. The minimum absolute atomic E-state index is 0.0521. The van der Waals surface area contributed by atoms with Crippen LogP contribution in [0.3, 0.4) is 0 Å². The van der Waals surface area contributed by atoms with E-state index >= 15 is 0 Å². The summed E-state index contributed by atoms with van der Waals surface area (Å²) in [6.07, 6.45) is 3.32. The van der Waals surface area contributed by atoms with E-state index in [1.54, 1.807) is 6.07 Å². The summed E-state index contributed by atoms with van der Waals surface area (Å²) >= 11 is 0. The van der Waals surface area contributed by atoms with Crippen molar-refractivity contribution in [2.75, 3.05) is 6.61 Å². The van der Waals surface area contributed by atoms with Crippen molar-refractivity contribution >= 4 is 0 Å². The highest BCUT2D eigenvalue weighted by atomic mass is 19.1. The van der Waals surface area contributed by atoms with Crippen LogP contribution in [-0.2, 0) is 4.74 Å². The Morgan fingerprint density at radius 1 is 1.56 bits per heavy atom. The fourth-order valence-corrected chi connectivity index (χ4v) is 2.30. The van der Waals surface area contributed by atoms with Gasteiger partial charge in [-0.3, -0.25) is 0 Å². The second-order valence-electron chi connectivity index (χ2n) is 4.48. The highest BCUT2D eigenvalue weighted by Crippen LogP contribution is 2.25. The number of rotatable bonds is 3. The Labute approximate surface area is 95.6 Å². The zero-order chi connectivity index (χ0) is 11.5. The number of aryl methyl sites for hydroxylation is 1. The van der Waals surface area contributed by atoms with Gasteiger partial charge in [-0.2, -0.15) is 0 Å². The third-order valence-electron chi connectivity index (χ3n) is 3.17. The van der Waals surface area contributed by atoms with E-state index in [2.05, 4.69) is 0 Å². The molecule has 1 fully saturated rings. The Hall–Kier alpha value is -0.930. The first-order valence-electron chi connectivity index (χ1n) is 5.80. The molecule has 1 aliphatic heterocycles. The first-order valence-corrected chi connectivity index (χ1v) is 5.80. The van der Waals surface area contributed by atoms with Crippen LogP contribution in [0.4, 0.5) is 4.39 Å². The quantitative estimate of drug-likeness (QED) is 0.855. The summed E-state index contributed by atoms with van der Waals surface area (Å²) in [6.45, 7) is 2.74. The Morgan fingerprint density at radius 2 is 2.38 bits per heavy atom. The number of nitrogens with two attached hydrogens (primary N) is 1. The molecule has 1 aliphatic rings. The molecule has 0 radical (unpaired) electrons. The van der Waals surface area contributed by atoms with Gasteiger partial charge in [-0.25, -0.2) is 4.39 Å². The molecule has 1 heterocycles. The lowest BCUT2D eigenvalue weighted by molar-refractivity contribution is 0.0983. The Kier molecular flexibility index (Phi) is 3.56. The van der Waals surface area contributed by atoms with Gasteiger partial charge < -0.3 is 10.5 Å². The molecule has 0 spiro atoms. The van der Waals surface area contributed by atoms with E-state index in [9.17, 15) is 4.39 Å². The van der Waals surface area contributed by atoms with E-state index in [1.807, 2.05) is 6.92 Å². The fourth-order valence-electron chi connectivity index (χ4n) is 2.30. The van der Waals surface area contributed by atoms with E-state index in [4.69, 9.17) is 10.5 Å². The van der Waals surface area contributed by atoms with E-state index < -0.39 is 0 Å². The van der Waals surface area contributed by atoms with Crippen LogP contribution in [0.5, 0.6) is 0 Å². The van der Waals surface area contributed by atoms with Gasteiger partial charge in [-0.05, 0) is 49.4 Å². The minimum atomic E-state index is -0.203. The van der Waals surface area contributed by atoms with Gasteiger partial charge in [0.1, 0.15) is 5.82 Å². The zero-order valence-corrected chi connectivity index (χ0v) is 9.58. The van der Waals surface area contributed by atoms with Crippen LogP contribution in [0, 0.1) is 12.7 Å². The van der Waals surface area contributed by atoms with Crippen LogP contribution in [0.15, 0.2) is 18.2 Å². The second-order valence-corrected chi connectivity index (χ2v) is 4.48. The molecule has 1 aromatic carbocycles. The summed E-state index contributed by atoms with van der Waals surface area (Å²) in [5, 5.41) is 0. The summed E-state index contributed by atoms with van der Waals surface area (Å²) in [7, 11) is 0. The van der Waals surface area contributed by atoms with Gasteiger partial charge in [-0.1, -0.05) is 6.07 Å². The third kappa shape index (κ3) is 2.60. The summed E-state index contributed by atoms with van der Waals surface area (Å²) in [5.74, 6) is -0.203. The maximum Gasteiger partial charge on any atom is 0.123 e. The van der Waals surface area contributed by atoms with Crippen molar-refractivity contribution in [1.29, 1.82) is 0 Å². The lowest BCUT2D eigenvalue weighted by Crippen LogP contribution is -2.19. The summed E-state index contributed by atoms with van der Waals surface area (Å²) in [4.78, 5) is 0. The maximum atomic E-state index is 13.0. The first kappa shape index (κ1) is 11.6. The largest absolute Gasteiger partial charge is 0.378 e. The molecule has 2 N–H and O–H groups in total. The normalized spacial score (nSPS) is 22.3. The van der Waals surface area contributed by atoms with Crippen molar-refractivity contribution in [3.8, 4) is 0 Å². The molecule has 0 aliphatic carbocycles. The van der Waals surface area contributed by atoms with E-state index in [1.165, 1.54) is 12.1 Å². The zero-order valence-electron chi connectivity index (χ0n) is 9.58. The van der Waals surface area contributed by atoms with E-state index in [-0.39, 0.29) is 18.0 Å². The highest BCUT2D eigenvalue weighted by molar-refractivity contribution is 5.29. The molecule has 1 saturated heterocycles. The van der Waals surface area contributed by atoms with Gasteiger partial charge in [0.15, 0.2) is 0 Å². The Morgan fingerprint density at radius 3 is 3.00 bits per heavy atom. The second kappa shape index (κ2) is 4.93. The Bertz CT molecular complexity index is 361. The molecule has 0 saturated carbocycles. The van der Waals surface area contributed by atoms with Gasteiger partial charge in [0.2, 0.25) is 0 Å².